The first kappa shape index (κ1) is 20.6. The van der Waals surface area contributed by atoms with Crippen molar-refractivity contribution in [2.75, 3.05) is 0 Å². The van der Waals surface area contributed by atoms with Crippen molar-refractivity contribution in [3.8, 4) is 0 Å². The van der Waals surface area contributed by atoms with E-state index in [0.717, 1.165) is 11.1 Å². The second-order valence-electron chi connectivity index (χ2n) is 6.58. The molecule has 25 heavy (non-hydrogen) atoms. The number of aromatic nitrogens is 1. The predicted octanol–water partition coefficient (Wildman–Crippen LogP) is 5.54. The van der Waals surface area contributed by atoms with Crippen molar-refractivity contribution in [1.29, 1.82) is 0 Å². The van der Waals surface area contributed by atoms with Crippen LogP contribution in [0.5, 0.6) is 0 Å². The molecule has 2 rings (SSSR count). The average molecular weight is 416 g/mol. The molecule has 0 amide bonds. The van der Waals surface area contributed by atoms with Gasteiger partial charge in [0.25, 0.3) is 0 Å². The second kappa shape index (κ2) is 8.77. The summed E-state index contributed by atoms with van der Waals surface area (Å²) >= 11 is 12.2. The number of halogens is 2. The van der Waals surface area contributed by atoms with Gasteiger partial charge in [0.05, 0.1) is 13.2 Å². The number of hydrogen-bond donors (Lipinski definition) is 0. The Morgan fingerprint density at radius 2 is 1.64 bits per heavy atom. The van der Waals surface area contributed by atoms with Crippen molar-refractivity contribution in [3.05, 3.63) is 63.9 Å². The van der Waals surface area contributed by atoms with E-state index in [1.54, 1.807) is 24.5 Å². The Morgan fingerprint density at radius 3 is 2.28 bits per heavy atom. The molecule has 1 aromatic heterocycles. The summed E-state index contributed by atoms with van der Waals surface area (Å²) in [6, 6.07) is 9.22. The molecule has 0 radical (unpaired) electrons. The minimum Gasteiger partial charge on any atom is -0.415 e. The van der Waals surface area contributed by atoms with E-state index in [-0.39, 0.29) is 0 Å². The summed E-state index contributed by atoms with van der Waals surface area (Å²) in [4.78, 5) is 4.09. The zero-order chi connectivity index (χ0) is 18.5. The van der Waals surface area contributed by atoms with Crippen LogP contribution in [0, 0.1) is 0 Å². The van der Waals surface area contributed by atoms with Crippen LogP contribution in [0.25, 0.3) is 0 Å². The number of rotatable bonds is 8. The van der Waals surface area contributed by atoms with Gasteiger partial charge in [-0.05, 0) is 61.6 Å². The van der Waals surface area contributed by atoms with Crippen molar-refractivity contribution in [2.24, 2.45) is 0 Å². The molecule has 1 aromatic carbocycles. The Kier molecular flexibility index (Phi) is 7.22. The van der Waals surface area contributed by atoms with Crippen LogP contribution in [0.1, 0.15) is 11.1 Å². The molecule has 8 heteroatoms. The molecule has 0 fully saturated rings. The Bertz CT molecular complexity index is 700. The molecule has 2 aromatic rings. The Balaban J connectivity index is 1.91. The van der Waals surface area contributed by atoms with Crippen LogP contribution in [0.15, 0.2) is 42.7 Å². The summed E-state index contributed by atoms with van der Waals surface area (Å²) in [5, 5.41) is 1.27. The second-order valence-corrected chi connectivity index (χ2v) is 14.4. The van der Waals surface area contributed by atoms with Crippen LogP contribution in [-0.2, 0) is 26.2 Å². The fraction of sp³-hybridized carbons (Fsp3) is 0.353. The zero-order valence-corrected chi connectivity index (χ0v) is 18.4. The van der Waals surface area contributed by atoms with Gasteiger partial charge in [0.15, 0.2) is 0 Å². The van der Waals surface area contributed by atoms with E-state index in [4.69, 9.17) is 36.2 Å². The molecule has 136 valence electrons. The molecule has 0 aliphatic rings. The summed E-state index contributed by atoms with van der Waals surface area (Å²) in [5.74, 6) is 0. The van der Waals surface area contributed by atoms with Gasteiger partial charge in [-0.2, -0.15) is 0 Å². The number of pyridine rings is 1. The first-order valence-corrected chi connectivity index (χ1v) is 14.4. The summed E-state index contributed by atoms with van der Waals surface area (Å²) in [6.45, 7) is 8.91. The maximum absolute atomic E-state index is 6.28. The maximum Gasteiger partial charge on any atom is 0.323 e. The summed E-state index contributed by atoms with van der Waals surface area (Å²) < 4.78 is 18.4. The Labute approximate surface area is 161 Å². The summed E-state index contributed by atoms with van der Waals surface area (Å²) in [5.41, 5.74) is 1.88. The largest absolute Gasteiger partial charge is 0.415 e. The SMILES string of the molecule is C[Si](C)(OCc1cccnc1)O[Si](C)(C)OCc1cc(Cl)ccc1Cl. The smallest absolute Gasteiger partial charge is 0.323 e. The van der Waals surface area contributed by atoms with Crippen LogP contribution < -0.4 is 0 Å². The van der Waals surface area contributed by atoms with Crippen molar-refractivity contribution < 1.29 is 13.0 Å². The lowest BCUT2D eigenvalue weighted by Gasteiger charge is -2.32. The van der Waals surface area contributed by atoms with Crippen LogP contribution in [0.2, 0.25) is 36.2 Å². The zero-order valence-electron chi connectivity index (χ0n) is 14.9. The van der Waals surface area contributed by atoms with Gasteiger partial charge in [0.1, 0.15) is 0 Å². The van der Waals surface area contributed by atoms with E-state index >= 15 is 0 Å². The lowest BCUT2D eigenvalue weighted by atomic mass is 10.2. The van der Waals surface area contributed by atoms with Crippen molar-refractivity contribution in [2.45, 2.75) is 39.4 Å². The molecule has 0 atom stereocenters. The molecule has 0 saturated heterocycles. The van der Waals surface area contributed by atoms with Crippen LogP contribution in [0.3, 0.4) is 0 Å². The molecule has 0 aliphatic carbocycles. The van der Waals surface area contributed by atoms with Gasteiger partial charge >= 0.3 is 17.1 Å². The molecule has 0 unspecified atom stereocenters. The highest BCUT2D eigenvalue weighted by atomic mass is 35.5. The number of benzene rings is 1. The molecule has 0 bridgehead atoms. The first-order valence-electron chi connectivity index (χ1n) is 7.98. The third kappa shape index (κ3) is 7.18. The molecule has 0 saturated carbocycles. The lowest BCUT2D eigenvalue weighted by Crippen LogP contribution is -2.48. The molecular weight excluding hydrogens is 393 g/mol. The quantitative estimate of drug-likeness (QED) is 0.530. The normalized spacial score (nSPS) is 12.4. The van der Waals surface area contributed by atoms with Crippen molar-refractivity contribution >= 4 is 40.3 Å². The van der Waals surface area contributed by atoms with Gasteiger partial charge in [-0.15, -0.1) is 0 Å². The van der Waals surface area contributed by atoms with E-state index < -0.39 is 17.1 Å². The number of hydrogen-bond acceptors (Lipinski definition) is 4. The molecule has 4 nitrogen and oxygen atoms in total. The third-order valence-corrected chi connectivity index (χ3v) is 9.60. The van der Waals surface area contributed by atoms with E-state index in [1.807, 2.05) is 44.4 Å². The summed E-state index contributed by atoms with van der Waals surface area (Å²) in [7, 11) is -4.71. The van der Waals surface area contributed by atoms with E-state index in [0.29, 0.717) is 23.3 Å². The lowest BCUT2D eigenvalue weighted by molar-refractivity contribution is 0.184. The highest BCUT2D eigenvalue weighted by molar-refractivity contribution is 6.78. The molecule has 0 N–H and O–H groups in total. The Hall–Kier alpha value is -0.736. The van der Waals surface area contributed by atoms with Gasteiger partial charge in [0, 0.05) is 22.4 Å². The number of nitrogens with zero attached hydrogens (tertiary/aromatic N) is 1. The fourth-order valence-electron chi connectivity index (χ4n) is 2.30. The van der Waals surface area contributed by atoms with Crippen molar-refractivity contribution in [3.63, 3.8) is 0 Å². The molecular formula is C17H23Cl2NO3Si2. The standard InChI is InChI=1S/C17H23Cl2NO3Si2/c1-24(2,21-12-14-6-5-9-20-11-14)23-25(3,4)22-13-15-10-16(18)7-8-17(15)19/h5-11H,12-13H2,1-4H3. The molecule has 0 aliphatic heterocycles. The van der Waals surface area contributed by atoms with Crippen LogP contribution in [0.4, 0.5) is 0 Å². The van der Waals surface area contributed by atoms with Crippen LogP contribution >= 0.6 is 23.2 Å². The van der Waals surface area contributed by atoms with Gasteiger partial charge < -0.3 is 13.0 Å². The van der Waals surface area contributed by atoms with Crippen LogP contribution in [-0.4, -0.2) is 22.1 Å². The van der Waals surface area contributed by atoms with Gasteiger partial charge in [-0.25, -0.2) is 0 Å². The van der Waals surface area contributed by atoms with Gasteiger partial charge in [0.2, 0.25) is 0 Å². The fourth-order valence-corrected chi connectivity index (χ4v) is 8.89. The average Bonchev–Trinajstić information content (AvgIpc) is 2.54. The van der Waals surface area contributed by atoms with E-state index in [2.05, 4.69) is 4.98 Å². The van der Waals surface area contributed by atoms with Gasteiger partial charge in [-0.1, -0.05) is 29.3 Å². The summed E-state index contributed by atoms with van der Waals surface area (Å²) in [6.07, 6.45) is 3.54. The highest BCUT2D eigenvalue weighted by Gasteiger charge is 2.36. The minimum absolute atomic E-state index is 0.367. The maximum atomic E-state index is 6.28. The Morgan fingerprint density at radius 1 is 0.960 bits per heavy atom. The van der Waals surface area contributed by atoms with E-state index in [9.17, 15) is 0 Å². The third-order valence-electron chi connectivity index (χ3n) is 3.38. The first-order chi connectivity index (χ1) is 11.7. The monoisotopic (exact) mass is 415 g/mol. The predicted molar refractivity (Wildman–Crippen MR) is 106 cm³/mol. The molecule has 1 heterocycles. The van der Waals surface area contributed by atoms with Crippen molar-refractivity contribution in [1.82, 2.24) is 4.98 Å². The van der Waals surface area contributed by atoms with Gasteiger partial charge in [-0.3, -0.25) is 4.98 Å². The van der Waals surface area contributed by atoms with E-state index in [1.165, 1.54) is 0 Å². The molecule has 0 spiro atoms. The topological polar surface area (TPSA) is 40.6 Å². The highest BCUT2D eigenvalue weighted by Crippen LogP contribution is 2.24. The minimum atomic E-state index is -2.38.